The van der Waals surface area contributed by atoms with Crippen LogP contribution in [0.1, 0.15) is 62.1 Å². The lowest BCUT2D eigenvalue weighted by atomic mass is 10.1. The number of rotatable bonds is 8. The number of hydrogen-bond acceptors (Lipinski definition) is 11. The third-order valence-corrected chi connectivity index (χ3v) is 8.85. The molecule has 6 aromatic rings. The van der Waals surface area contributed by atoms with Crippen molar-refractivity contribution in [1.82, 2.24) is 0 Å². The molecule has 0 atom stereocenters. The molecule has 0 radical (unpaired) electrons. The third kappa shape index (κ3) is 6.38. The van der Waals surface area contributed by atoms with Gasteiger partial charge in [0.15, 0.2) is 0 Å². The quantitative estimate of drug-likeness (QED) is 0.0735. The van der Waals surface area contributed by atoms with E-state index < -0.39 is 35.6 Å². The number of anilines is 4. The van der Waals surface area contributed by atoms with Crippen molar-refractivity contribution in [1.29, 1.82) is 0 Å². The van der Waals surface area contributed by atoms with Crippen LogP contribution >= 0.6 is 0 Å². The highest BCUT2D eigenvalue weighted by Gasteiger charge is 2.38. The minimum Gasteiger partial charge on any atom is -0.457 e. The first-order valence-corrected chi connectivity index (χ1v) is 16.6. The molecule has 4 amide bonds. The maximum atomic E-state index is 13.4. The first-order valence-electron chi connectivity index (χ1n) is 16.6. The first kappa shape index (κ1) is 34.0. The maximum Gasteiger partial charge on any atom is 0.343 e. The highest BCUT2D eigenvalue weighted by molar-refractivity contribution is 6.35. The largest absolute Gasteiger partial charge is 0.457 e. The summed E-state index contributed by atoms with van der Waals surface area (Å²) in [6.45, 7) is 0. The van der Waals surface area contributed by atoms with Crippen molar-refractivity contribution >= 4 is 58.3 Å². The van der Waals surface area contributed by atoms with Gasteiger partial charge >= 0.3 is 11.9 Å². The Morgan fingerprint density at radius 3 is 1.09 bits per heavy atom. The van der Waals surface area contributed by atoms with Crippen LogP contribution in [0, 0.1) is 0 Å². The van der Waals surface area contributed by atoms with Gasteiger partial charge in [0.05, 0.1) is 44.8 Å². The fraction of sp³-hybridized carbons (Fsp3) is 0. The van der Waals surface area contributed by atoms with Gasteiger partial charge in [0, 0.05) is 11.4 Å². The van der Waals surface area contributed by atoms with Crippen LogP contribution in [0.15, 0.2) is 133 Å². The van der Waals surface area contributed by atoms with Gasteiger partial charge in [0.2, 0.25) is 0 Å². The predicted octanol–water partition coefficient (Wildman–Crippen LogP) is 6.68. The van der Waals surface area contributed by atoms with Crippen molar-refractivity contribution in [3.05, 3.63) is 167 Å². The van der Waals surface area contributed by atoms with Gasteiger partial charge in [-0.3, -0.25) is 19.2 Å². The molecule has 8 rings (SSSR count). The van der Waals surface area contributed by atoms with Crippen molar-refractivity contribution in [2.45, 2.75) is 0 Å². The molecule has 13 nitrogen and oxygen atoms in total. The van der Waals surface area contributed by atoms with Crippen LogP contribution in [-0.4, -0.2) is 35.6 Å². The molecule has 0 saturated carbocycles. The molecule has 0 spiro atoms. The van der Waals surface area contributed by atoms with Gasteiger partial charge in [-0.15, -0.1) is 0 Å². The Labute approximate surface area is 311 Å². The summed E-state index contributed by atoms with van der Waals surface area (Å²) < 4.78 is 16.7. The van der Waals surface area contributed by atoms with Crippen LogP contribution < -0.4 is 35.5 Å². The summed E-state index contributed by atoms with van der Waals surface area (Å²) in [5.74, 6) is -2.41. The lowest BCUT2D eigenvalue weighted by Gasteiger charge is -2.16. The molecule has 0 aliphatic carbocycles. The number of imide groups is 2. The zero-order chi connectivity index (χ0) is 38.4. The summed E-state index contributed by atoms with van der Waals surface area (Å²) in [5, 5.41) is 0. The fourth-order valence-corrected chi connectivity index (χ4v) is 6.07. The second-order valence-electron chi connectivity index (χ2n) is 12.4. The average Bonchev–Trinajstić information content (AvgIpc) is 3.60. The van der Waals surface area contributed by atoms with Crippen molar-refractivity contribution in [2.75, 3.05) is 21.3 Å². The lowest BCUT2D eigenvalue weighted by molar-refractivity contribution is 0.0725. The number of nitrogens with two attached hydrogens (primary N) is 2. The Morgan fingerprint density at radius 1 is 0.400 bits per heavy atom. The molecule has 2 aliphatic rings. The summed E-state index contributed by atoms with van der Waals surface area (Å²) in [6.07, 6.45) is 0. The summed E-state index contributed by atoms with van der Waals surface area (Å²) in [5.41, 5.74) is 13.5. The minimum absolute atomic E-state index is 0.0625. The number of esters is 2. The Balaban J connectivity index is 0.918. The molecule has 2 heterocycles. The summed E-state index contributed by atoms with van der Waals surface area (Å²) >= 11 is 0. The molecule has 0 fully saturated rings. The Hall–Kier alpha value is -8.06. The lowest BCUT2D eigenvalue weighted by Crippen LogP contribution is -2.29. The van der Waals surface area contributed by atoms with E-state index >= 15 is 0 Å². The van der Waals surface area contributed by atoms with E-state index in [1.54, 1.807) is 97.1 Å². The number of carbonyl (C=O) groups is 6. The third-order valence-electron chi connectivity index (χ3n) is 8.85. The van der Waals surface area contributed by atoms with E-state index in [-0.39, 0.29) is 56.3 Å². The number of nitrogen functional groups attached to an aromatic ring is 2. The molecule has 13 heteroatoms. The second-order valence-corrected chi connectivity index (χ2v) is 12.4. The molecule has 0 unspecified atom stereocenters. The van der Waals surface area contributed by atoms with Gasteiger partial charge in [0.1, 0.15) is 23.0 Å². The van der Waals surface area contributed by atoms with Crippen LogP contribution in [0.25, 0.3) is 0 Å². The van der Waals surface area contributed by atoms with E-state index in [1.165, 1.54) is 36.4 Å². The highest BCUT2D eigenvalue weighted by atomic mass is 16.5. The molecular formula is C42H26N4O9. The number of benzene rings is 6. The van der Waals surface area contributed by atoms with Crippen molar-refractivity contribution < 1.29 is 43.0 Å². The van der Waals surface area contributed by atoms with Gasteiger partial charge in [-0.25, -0.2) is 19.4 Å². The van der Waals surface area contributed by atoms with E-state index in [0.29, 0.717) is 22.9 Å². The highest BCUT2D eigenvalue weighted by Crippen LogP contribution is 2.34. The summed E-state index contributed by atoms with van der Waals surface area (Å²) in [7, 11) is 0. The van der Waals surface area contributed by atoms with Crippen LogP contribution in [0.2, 0.25) is 0 Å². The molecule has 2 aliphatic heterocycles. The number of carbonyl (C=O) groups excluding carboxylic acids is 6. The van der Waals surface area contributed by atoms with Crippen LogP contribution in [-0.2, 0) is 0 Å². The Bertz CT molecular complexity index is 2410. The van der Waals surface area contributed by atoms with E-state index in [9.17, 15) is 28.8 Å². The van der Waals surface area contributed by atoms with Crippen LogP contribution in [0.5, 0.6) is 23.0 Å². The number of hydrogen-bond donors (Lipinski definition) is 2. The maximum absolute atomic E-state index is 13.4. The standard InChI is InChI=1S/C42H26N4O9/c43-25-3-11-31(12-4-25)54-41(51)23-1-19-33-35(21-23)39(49)45(37(33)47)27-7-15-29(16-8-27)53-30-17-9-28(10-18-30)46-38(48)34-20-2-24(22-36(34)40(46)50)42(52)55-32-13-5-26(44)6-14-32/h1-22H,43-44H2. The SMILES string of the molecule is Nc1ccc(OC(=O)c2ccc3c(c2)C(=O)N(c2ccc(Oc4ccc(N5C(=O)c6ccc(C(=O)Oc7ccc(N)cc7)cc6C5=O)cc4)cc2)C3=O)cc1. The van der Waals surface area contributed by atoms with Gasteiger partial charge in [-0.05, 0) is 133 Å². The molecular weight excluding hydrogens is 704 g/mol. The first-order chi connectivity index (χ1) is 26.5. The predicted molar refractivity (Wildman–Crippen MR) is 200 cm³/mol. The molecule has 55 heavy (non-hydrogen) atoms. The Kier molecular flexibility index (Phi) is 8.35. The van der Waals surface area contributed by atoms with Crippen LogP contribution in [0.3, 0.4) is 0 Å². The molecule has 268 valence electrons. The number of amides is 4. The number of nitrogens with zero attached hydrogens (tertiary/aromatic N) is 2. The van der Waals surface area contributed by atoms with Crippen molar-refractivity contribution in [3.63, 3.8) is 0 Å². The molecule has 4 N–H and O–H groups in total. The smallest absolute Gasteiger partial charge is 0.343 e. The average molecular weight is 731 g/mol. The normalized spacial score (nSPS) is 13.1. The van der Waals surface area contributed by atoms with Crippen molar-refractivity contribution in [3.8, 4) is 23.0 Å². The second kappa shape index (κ2) is 13.5. The van der Waals surface area contributed by atoms with E-state index in [1.807, 2.05) is 0 Å². The molecule has 0 aromatic heterocycles. The number of ether oxygens (including phenoxy) is 3. The minimum atomic E-state index is -0.700. The number of fused-ring (bicyclic) bond motifs is 2. The molecule has 0 saturated heterocycles. The van der Waals surface area contributed by atoms with Crippen LogP contribution in [0.4, 0.5) is 22.7 Å². The monoisotopic (exact) mass is 730 g/mol. The van der Waals surface area contributed by atoms with Gasteiger partial charge in [-0.2, -0.15) is 0 Å². The van der Waals surface area contributed by atoms with E-state index in [2.05, 4.69) is 0 Å². The summed E-state index contributed by atoms with van der Waals surface area (Å²) in [6, 6.07) is 33.3. The van der Waals surface area contributed by atoms with Gasteiger partial charge in [0.25, 0.3) is 23.6 Å². The topological polar surface area (TPSA) is 189 Å². The Morgan fingerprint density at radius 2 is 0.727 bits per heavy atom. The van der Waals surface area contributed by atoms with Crippen molar-refractivity contribution in [2.24, 2.45) is 0 Å². The zero-order valence-corrected chi connectivity index (χ0v) is 28.4. The fourth-order valence-electron chi connectivity index (χ4n) is 6.07. The molecule has 0 bridgehead atoms. The molecule has 6 aromatic carbocycles. The summed E-state index contributed by atoms with van der Waals surface area (Å²) in [4.78, 5) is 80.7. The van der Waals surface area contributed by atoms with Gasteiger partial charge < -0.3 is 25.7 Å². The zero-order valence-electron chi connectivity index (χ0n) is 28.4. The van der Waals surface area contributed by atoms with Gasteiger partial charge in [-0.1, -0.05) is 0 Å². The van der Waals surface area contributed by atoms with E-state index in [0.717, 1.165) is 9.80 Å². The van der Waals surface area contributed by atoms with E-state index in [4.69, 9.17) is 25.7 Å².